The van der Waals surface area contributed by atoms with Crippen LogP contribution in [0, 0.1) is 6.92 Å². The molecular formula is C19H20N2O3. The molecule has 0 fully saturated rings. The van der Waals surface area contributed by atoms with E-state index in [4.69, 9.17) is 4.74 Å². The lowest BCUT2D eigenvalue weighted by Crippen LogP contribution is -2.30. The Morgan fingerprint density at radius 3 is 2.96 bits per heavy atom. The minimum Gasteiger partial charge on any atom is -0.484 e. The summed E-state index contributed by atoms with van der Waals surface area (Å²) in [5.41, 5.74) is 4.11. The third-order valence-electron chi connectivity index (χ3n) is 3.89. The van der Waals surface area contributed by atoms with Gasteiger partial charge in [0.05, 0.1) is 6.42 Å². The second-order valence-corrected chi connectivity index (χ2v) is 5.92. The molecule has 0 unspecified atom stereocenters. The normalized spacial score (nSPS) is 12.5. The predicted octanol–water partition coefficient (Wildman–Crippen LogP) is 2.23. The predicted molar refractivity (Wildman–Crippen MR) is 92.2 cm³/mol. The number of aryl methyl sites for hydroxylation is 1. The highest BCUT2D eigenvalue weighted by atomic mass is 16.5. The zero-order valence-corrected chi connectivity index (χ0v) is 13.6. The fourth-order valence-corrected chi connectivity index (χ4v) is 2.69. The monoisotopic (exact) mass is 324 g/mol. The second kappa shape index (κ2) is 7.17. The Morgan fingerprint density at radius 2 is 2.12 bits per heavy atom. The van der Waals surface area contributed by atoms with E-state index < -0.39 is 0 Å². The molecule has 0 aliphatic carbocycles. The quantitative estimate of drug-likeness (QED) is 0.856. The van der Waals surface area contributed by atoms with E-state index >= 15 is 0 Å². The topological polar surface area (TPSA) is 67.4 Å². The van der Waals surface area contributed by atoms with Crippen LogP contribution in [-0.4, -0.2) is 25.0 Å². The van der Waals surface area contributed by atoms with Crippen molar-refractivity contribution < 1.29 is 14.3 Å². The van der Waals surface area contributed by atoms with Crippen LogP contribution in [0.25, 0.3) is 0 Å². The highest BCUT2D eigenvalue weighted by Gasteiger charge is 2.17. The van der Waals surface area contributed by atoms with Gasteiger partial charge in [-0.05, 0) is 48.2 Å². The maximum atomic E-state index is 11.8. The number of amides is 2. The summed E-state index contributed by atoms with van der Waals surface area (Å²) in [6, 6.07) is 13.5. The van der Waals surface area contributed by atoms with Crippen molar-refractivity contribution in [3.05, 3.63) is 59.2 Å². The van der Waals surface area contributed by atoms with Gasteiger partial charge in [0, 0.05) is 12.2 Å². The summed E-state index contributed by atoms with van der Waals surface area (Å²) in [7, 11) is 0. The van der Waals surface area contributed by atoms with Gasteiger partial charge in [-0.15, -0.1) is 0 Å². The first-order valence-electron chi connectivity index (χ1n) is 7.98. The number of rotatable bonds is 6. The van der Waals surface area contributed by atoms with Gasteiger partial charge in [0.25, 0.3) is 5.91 Å². The number of ether oxygens (including phenoxy) is 1. The van der Waals surface area contributed by atoms with Crippen molar-refractivity contribution in [1.29, 1.82) is 0 Å². The standard InChI is InChI=1S/C19H20N2O3/c1-13-3-2-4-16(9-13)24-12-19(23)20-8-7-14-5-6-17-15(10-14)11-18(22)21-17/h2-6,9-10H,7-8,11-12H2,1H3,(H,20,23)(H,21,22). The third-order valence-corrected chi connectivity index (χ3v) is 3.89. The van der Waals surface area contributed by atoms with Crippen LogP contribution in [0.4, 0.5) is 5.69 Å². The first-order chi connectivity index (χ1) is 11.6. The average molecular weight is 324 g/mol. The van der Waals surface area contributed by atoms with Crippen molar-refractivity contribution >= 4 is 17.5 Å². The molecule has 24 heavy (non-hydrogen) atoms. The Labute approximate surface area is 141 Å². The Bertz CT molecular complexity index is 771. The van der Waals surface area contributed by atoms with E-state index in [9.17, 15) is 9.59 Å². The summed E-state index contributed by atoms with van der Waals surface area (Å²) in [5, 5.41) is 5.66. The van der Waals surface area contributed by atoms with Crippen LogP contribution in [0.15, 0.2) is 42.5 Å². The molecule has 0 atom stereocenters. The van der Waals surface area contributed by atoms with Crippen molar-refractivity contribution in [3.63, 3.8) is 0 Å². The van der Waals surface area contributed by atoms with Gasteiger partial charge in [0.2, 0.25) is 5.91 Å². The molecule has 3 rings (SSSR count). The summed E-state index contributed by atoms with van der Waals surface area (Å²) in [5.74, 6) is 0.583. The van der Waals surface area contributed by atoms with Gasteiger partial charge in [0.15, 0.2) is 6.61 Å². The Morgan fingerprint density at radius 1 is 1.25 bits per heavy atom. The number of fused-ring (bicyclic) bond motifs is 1. The van der Waals surface area contributed by atoms with Gasteiger partial charge >= 0.3 is 0 Å². The van der Waals surface area contributed by atoms with Gasteiger partial charge in [-0.1, -0.05) is 24.3 Å². The molecule has 0 saturated heterocycles. The average Bonchev–Trinajstić information content (AvgIpc) is 2.92. The third kappa shape index (κ3) is 4.13. The molecular weight excluding hydrogens is 304 g/mol. The Kier molecular flexibility index (Phi) is 4.79. The Hall–Kier alpha value is -2.82. The van der Waals surface area contributed by atoms with Crippen molar-refractivity contribution in [2.24, 2.45) is 0 Å². The number of carbonyl (C=O) groups is 2. The number of anilines is 1. The Balaban J connectivity index is 1.42. The summed E-state index contributed by atoms with van der Waals surface area (Å²) >= 11 is 0. The smallest absolute Gasteiger partial charge is 0.257 e. The molecule has 124 valence electrons. The van der Waals surface area contributed by atoms with Crippen molar-refractivity contribution in [3.8, 4) is 5.75 Å². The maximum Gasteiger partial charge on any atom is 0.257 e. The zero-order valence-electron chi connectivity index (χ0n) is 13.6. The molecule has 0 aromatic heterocycles. The highest BCUT2D eigenvalue weighted by Crippen LogP contribution is 2.23. The number of carbonyl (C=O) groups excluding carboxylic acids is 2. The van der Waals surface area contributed by atoms with Crippen LogP contribution in [-0.2, 0) is 22.4 Å². The number of hydrogen-bond acceptors (Lipinski definition) is 3. The minimum absolute atomic E-state index is 0.00601. The summed E-state index contributed by atoms with van der Waals surface area (Å²) in [6.07, 6.45) is 1.15. The first kappa shape index (κ1) is 16.1. The van der Waals surface area contributed by atoms with E-state index in [2.05, 4.69) is 10.6 Å². The van der Waals surface area contributed by atoms with E-state index in [1.807, 2.05) is 49.4 Å². The molecule has 2 N–H and O–H groups in total. The number of nitrogens with one attached hydrogen (secondary N) is 2. The molecule has 0 bridgehead atoms. The summed E-state index contributed by atoms with van der Waals surface area (Å²) in [6.45, 7) is 2.52. The molecule has 2 aromatic carbocycles. The van der Waals surface area contributed by atoms with Crippen LogP contribution < -0.4 is 15.4 Å². The molecule has 5 heteroatoms. The van der Waals surface area contributed by atoms with E-state index in [1.165, 1.54) is 0 Å². The molecule has 1 heterocycles. The zero-order chi connectivity index (χ0) is 16.9. The van der Waals surface area contributed by atoms with Crippen molar-refractivity contribution in [2.45, 2.75) is 19.8 Å². The lowest BCUT2D eigenvalue weighted by atomic mass is 10.1. The van der Waals surface area contributed by atoms with Gasteiger partial charge in [-0.2, -0.15) is 0 Å². The largest absolute Gasteiger partial charge is 0.484 e. The number of benzene rings is 2. The van der Waals surface area contributed by atoms with Crippen LogP contribution in [0.5, 0.6) is 5.75 Å². The van der Waals surface area contributed by atoms with Crippen LogP contribution in [0.1, 0.15) is 16.7 Å². The lowest BCUT2D eigenvalue weighted by molar-refractivity contribution is -0.123. The lowest BCUT2D eigenvalue weighted by Gasteiger charge is -2.08. The first-order valence-corrected chi connectivity index (χ1v) is 7.98. The molecule has 1 aliphatic heterocycles. The maximum absolute atomic E-state index is 11.8. The van der Waals surface area contributed by atoms with Gasteiger partial charge in [-0.3, -0.25) is 9.59 Å². The van der Waals surface area contributed by atoms with Gasteiger partial charge in [-0.25, -0.2) is 0 Å². The van der Waals surface area contributed by atoms with Gasteiger partial charge in [0.1, 0.15) is 5.75 Å². The molecule has 0 radical (unpaired) electrons. The van der Waals surface area contributed by atoms with Crippen molar-refractivity contribution in [2.75, 3.05) is 18.5 Å². The minimum atomic E-state index is -0.144. The van der Waals surface area contributed by atoms with Crippen LogP contribution in [0.2, 0.25) is 0 Å². The van der Waals surface area contributed by atoms with Crippen LogP contribution >= 0.6 is 0 Å². The fourth-order valence-electron chi connectivity index (χ4n) is 2.69. The van der Waals surface area contributed by atoms with Gasteiger partial charge < -0.3 is 15.4 Å². The molecule has 2 aromatic rings. The fraction of sp³-hybridized carbons (Fsp3) is 0.263. The van der Waals surface area contributed by atoms with Crippen LogP contribution in [0.3, 0.4) is 0 Å². The van der Waals surface area contributed by atoms with E-state index in [1.54, 1.807) is 0 Å². The molecule has 2 amide bonds. The van der Waals surface area contributed by atoms with E-state index in [0.717, 1.165) is 28.8 Å². The summed E-state index contributed by atoms with van der Waals surface area (Å²) < 4.78 is 5.47. The molecule has 1 aliphatic rings. The van der Waals surface area contributed by atoms with E-state index in [0.29, 0.717) is 18.7 Å². The number of hydrogen-bond donors (Lipinski definition) is 2. The SMILES string of the molecule is Cc1cccc(OCC(=O)NCCc2ccc3c(c2)CC(=O)N3)c1. The second-order valence-electron chi connectivity index (χ2n) is 5.92. The van der Waals surface area contributed by atoms with Crippen molar-refractivity contribution in [1.82, 2.24) is 5.32 Å². The highest BCUT2D eigenvalue weighted by molar-refractivity contribution is 5.99. The molecule has 0 spiro atoms. The van der Waals surface area contributed by atoms with E-state index in [-0.39, 0.29) is 18.4 Å². The summed E-state index contributed by atoms with van der Waals surface area (Å²) in [4.78, 5) is 23.2. The molecule has 0 saturated carbocycles. The molecule has 5 nitrogen and oxygen atoms in total.